The predicted molar refractivity (Wildman–Crippen MR) is 123 cm³/mol. The monoisotopic (exact) mass is 436 g/mol. The molecular weight excluding hydrogens is 408 g/mol. The minimum absolute atomic E-state index is 0.0371. The van der Waals surface area contributed by atoms with Crippen molar-refractivity contribution in [1.29, 1.82) is 0 Å². The number of benzene rings is 1. The van der Waals surface area contributed by atoms with Crippen LogP contribution in [-0.4, -0.2) is 33.6 Å². The smallest absolute Gasteiger partial charge is 0.274 e. The maximum Gasteiger partial charge on any atom is 0.274 e. The second-order valence-corrected chi connectivity index (χ2v) is 9.12. The van der Waals surface area contributed by atoms with Gasteiger partial charge in [-0.2, -0.15) is 5.10 Å². The zero-order valence-electron chi connectivity index (χ0n) is 17.7. The molecule has 2 aliphatic rings. The summed E-state index contributed by atoms with van der Waals surface area (Å²) in [6.07, 6.45) is 12.5. The number of allylic oxidation sites excluding steroid dienone is 4. The maximum atomic E-state index is 13.4. The van der Waals surface area contributed by atoms with E-state index < -0.39 is 0 Å². The average Bonchev–Trinajstić information content (AvgIpc) is 2.83. The van der Waals surface area contributed by atoms with E-state index in [0.29, 0.717) is 24.7 Å². The van der Waals surface area contributed by atoms with Gasteiger partial charge in [0.1, 0.15) is 0 Å². The fourth-order valence-corrected chi connectivity index (χ4v) is 5.22. The molecule has 0 aliphatic heterocycles. The number of nitrogens with zero attached hydrogens (tertiary/aromatic N) is 3. The van der Waals surface area contributed by atoms with Crippen LogP contribution in [0, 0.1) is 11.3 Å². The molecule has 1 unspecified atom stereocenters. The first kappa shape index (κ1) is 21.7. The molecule has 31 heavy (non-hydrogen) atoms. The molecule has 1 heterocycles. The molecule has 162 valence electrons. The SMILES string of the molecule is NC[C@]1(C2C=CC=C(Cl)C2)CC[C@H](N(Cc2ccccc2)C(=O)c2cccnn2)CC1. The van der Waals surface area contributed by atoms with Crippen molar-refractivity contribution in [1.82, 2.24) is 15.1 Å². The lowest BCUT2D eigenvalue weighted by Crippen LogP contribution is -2.48. The highest BCUT2D eigenvalue weighted by Crippen LogP contribution is 2.47. The number of amides is 1. The normalized spacial score (nSPS) is 25.7. The number of hydrogen-bond donors (Lipinski definition) is 1. The van der Waals surface area contributed by atoms with Gasteiger partial charge in [-0.15, -0.1) is 5.10 Å². The number of rotatable bonds is 6. The average molecular weight is 437 g/mol. The Morgan fingerprint density at radius 1 is 1.16 bits per heavy atom. The van der Waals surface area contributed by atoms with Gasteiger partial charge in [-0.25, -0.2) is 0 Å². The number of hydrogen-bond acceptors (Lipinski definition) is 4. The van der Waals surface area contributed by atoms with Gasteiger partial charge in [-0.1, -0.05) is 54.1 Å². The first-order valence-electron chi connectivity index (χ1n) is 11.0. The van der Waals surface area contributed by atoms with E-state index >= 15 is 0 Å². The predicted octanol–water partition coefficient (Wildman–Crippen LogP) is 4.71. The zero-order valence-corrected chi connectivity index (χ0v) is 18.4. The lowest BCUT2D eigenvalue weighted by molar-refractivity contribution is 0.0424. The van der Waals surface area contributed by atoms with Crippen molar-refractivity contribution in [3.8, 4) is 0 Å². The van der Waals surface area contributed by atoms with Crippen LogP contribution in [0.1, 0.15) is 48.2 Å². The molecule has 0 saturated heterocycles. The third-order valence-corrected chi connectivity index (χ3v) is 7.15. The van der Waals surface area contributed by atoms with Crippen molar-refractivity contribution in [2.75, 3.05) is 6.54 Å². The van der Waals surface area contributed by atoms with Crippen LogP contribution in [0.3, 0.4) is 0 Å². The molecule has 1 fully saturated rings. The molecule has 1 saturated carbocycles. The van der Waals surface area contributed by atoms with Crippen molar-refractivity contribution in [2.24, 2.45) is 17.1 Å². The summed E-state index contributed by atoms with van der Waals surface area (Å²) in [6.45, 7) is 1.20. The van der Waals surface area contributed by atoms with Gasteiger partial charge in [0, 0.05) is 23.8 Å². The molecule has 2 aliphatic carbocycles. The molecule has 1 aromatic heterocycles. The fraction of sp³-hybridized carbons (Fsp3) is 0.400. The number of carbonyl (C=O) groups is 1. The summed E-state index contributed by atoms with van der Waals surface area (Å²) in [5, 5.41) is 8.87. The van der Waals surface area contributed by atoms with E-state index in [1.165, 1.54) is 0 Å². The Kier molecular flexibility index (Phi) is 6.83. The standard InChI is InChI=1S/C25H29ClN4O/c26-21-9-4-8-20(16-21)25(18-27)13-11-22(12-14-25)30(17-19-6-2-1-3-7-19)24(31)23-10-5-15-28-29-23/h1-10,15,20,22H,11-14,16-18,27H2/t20?,22-,25-. The Labute approximate surface area is 189 Å². The van der Waals surface area contributed by atoms with Crippen LogP contribution in [0.15, 0.2) is 71.9 Å². The van der Waals surface area contributed by atoms with Crippen LogP contribution in [0.2, 0.25) is 0 Å². The van der Waals surface area contributed by atoms with Gasteiger partial charge in [0.15, 0.2) is 5.69 Å². The highest BCUT2D eigenvalue weighted by molar-refractivity contribution is 6.29. The van der Waals surface area contributed by atoms with Crippen LogP contribution in [0.4, 0.5) is 0 Å². The fourth-order valence-electron chi connectivity index (χ4n) is 4.99. The van der Waals surface area contributed by atoms with Gasteiger partial charge < -0.3 is 10.6 Å². The molecule has 1 atom stereocenters. The lowest BCUT2D eigenvalue weighted by atomic mass is 9.63. The molecule has 4 rings (SSSR count). The molecule has 0 bridgehead atoms. The van der Waals surface area contributed by atoms with Gasteiger partial charge in [0.25, 0.3) is 5.91 Å². The van der Waals surface area contributed by atoms with Gasteiger partial charge in [-0.05, 0) is 73.8 Å². The second-order valence-electron chi connectivity index (χ2n) is 8.63. The van der Waals surface area contributed by atoms with Gasteiger partial charge in [-0.3, -0.25) is 4.79 Å². The molecule has 2 aromatic rings. The van der Waals surface area contributed by atoms with Crippen LogP contribution in [0.25, 0.3) is 0 Å². The molecule has 0 radical (unpaired) electrons. The lowest BCUT2D eigenvalue weighted by Gasteiger charge is -2.47. The quantitative estimate of drug-likeness (QED) is 0.712. The molecule has 0 spiro atoms. The molecule has 6 heteroatoms. The largest absolute Gasteiger partial charge is 0.330 e. The van der Waals surface area contributed by atoms with Crippen molar-refractivity contribution >= 4 is 17.5 Å². The minimum atomic E-state index is -0.0641. The van der Waals surface area contributed by atoms with Gasteiger partial charge in [0.2, 0.25) is 0 Å². The summed E-state index contributed by atoms with van der Waals surface area (Å²) >= 11 is 6.33. The topological polar surface area (TPSA) is 72.1 Å². The summed E-state index contributed by atoms with van der Waals surface area (Å²) in [5.41, 5.74) is 7.86. The van der Waals surface area contributed by atoms with Crippen molar-refractivity contribution in [3.63, 3.8) is 0 Å². The summed E-state index contributed by atoms with van der Waals surface area (Å²) in [5.74, 6) is 0.292. The molecular formula is C25H29ClN4O. The number of nitrogens with two attached hydrogens (primary N) is 1. The van der Waals surface area contributed by atoms with Crippen LogP contribution in [0.5, 0.6) is 0 Å². The first-order valence-corrected chi connectivity index (χ1v) is 11.3. The van der Waals surface area contributed by atoms with Crippen molar-refractivity contribution in [2.45, 2.75) is 44.7 Å². The first-order chi connectivity index (χ1) is 15.1. The van der Waals surface area contributed by atoms with E-state index in [-0.39, 0.29) is 17.4 Å². The molecule has 5 nitrogen and oxygen atoms in total. The van der Waals surface area contributed by atoms with Gasteiger partial charge in [0.05, 0.1) is 0 Å². The molecule has 2 N–H and O–H groups in total. The van der Waals surface area contributed by atoms with E-state index in [2.05, 4.69) is 34.5 Å². The highest BCUT2D eigenvalue weighted by atomic mass is 35.5. The third-order valence-electron chi connectivity index (χ3n) is 6.87. The summed E-state index contributed by atoms with van der Waals surface area (Å²) in [4.78, 5) is 15.4. The Hall–Kier alpha value is -2.50. The van der Waals surface area contributed by atoms with E-state index in [1.807, 2.05) is 29.2 Å². The highest BCUT2D eigenvalue weighted by Gasteiger charge is 2.42. The van der Waals surface area contributed by atoms with Crippen molar-refractivity contribution in [3.05, 3.63) is 83.2 Å². The van der Waals surface area contributed by atoms with Crippen molar-refractivity contribution < 1.29 is 4.79 Å². The zero-order chi connectivity index (χ0) is 21.7. The van der Waals surface area contributed by atoms with E-state index in [4.69, 9.17) is 17.3 Å². The molecule has 1 aromatic carbocycles. The number of halogens is 1. The van der Waals surface area contributed by atoms with Crippen LogP contribution in [-0.2, 0) is 6.54 Å². The Morgan fingerprint density at radius 3 is 2.58 bits per heavy atom. The Bertz CT molecular complexity index is 937. The molecule has 1 amide bonds. The Morgan fingerprint density at radius 2 is 1.94 bits per heavy atom. The van der Waals surface area contributed by atoms with E-state index in [9.17, 15) is 4.79 Å². The number of carbonyl (C=O) groups excluding carboxylic acids is 1. The maximum absolute atomic E-state index is 13.4. The second kappa shape index (κ2) is 9.75. The summed E-state index contributed by atoms with van der Waals surface area (Å²) < 4.78 is 0. The van der Waals surface area contributed by atoms with Gasteiger partial charge >= 0.3 is 0 Å². The third kappa shape index (κ3) is 4.89. The number of aromatic nitrogens is 2. The van der Waals surface area contributed by atoms with Crippen LogP contribution < -0.4 is 5.73 Å². The summed E-state index contributed by atoms with van der Waals surface area (Å²) in [7, 11) is 0. The summed E-state index contributed by atoms with van der Waals surface area (Å²) in [6, 6.07) is 13.8. The van der Waals surface area contributed by atoms with Crippen LogP contribution >= 0.6 is 11.6 Å². The van der Waals surface area contributed by atoms with E-state index in [1.54, 1.807) is 18.3 Å². The Balaban J connectivity index is 1.53. The minimum Gasteiger partial charge on any atom is -0.330 e. The van der Waals surface area contributed by atoms with E-state index in [0.717, 1.165) is 42.7 Å².